The molecule has 1 aromatic heterocycles. The number of ether oxygens (including phenoxy) is 1. The molecule has 0 saturated carbocycles. The lowest BCUT2D eigenvalue weighted by Crippen LogP contribution is -2.37. The maximum Gasteiger partial charge on any atom is 0.270 e. The quantitative estimate of drug-likeness (QED) is 0.210. The molecule has 1 N–H and O–H groups in total. The van der Waals surface area contributed by atoms with Gasteiger partial charge in [0, 0.05) is 46.9 Å². The Hall–Kier alpha value is -4.47. The summed E-state index contributed by atoms with van der Waals surface area (Å²) in [6, 6.07) is 20.9. The van der Waals surface area contributed by atoms with E-state index < -0.39 is 10.8 Å². The molecule has 1 saturated heterocycles. The molecule has 5 aromatic rings. The number of carbonyl (C=O) groups is 1. The summed E-state index contributed by atoms with van der Waals surface area (Å²) in [6.45, 7) is 2.22. The van der Waals surface area contributed by atoms with Crippen molar-refractivity contribution in [3.05, 3.63) is 93.5 Å². The molecule has 9 nitrogen and oxygen atoms in total. The van der Waals surface area contributed by atoms with E-state index in [4.69, 9.17) is 20.8 Å². The number of nitrogens with one attached hydrogen (secondary N) is 1. The first-order chi connectivity index (χ1) is 18.5. The molecule has 0 radical (unpaired) electrons. The predicted octanol–water partition coefficient (Wildman–Crippen LogP) is 6.30. The number of carbonyl (C=O) groups excluding carboxylic acids is 1. The van der Waals surface area contributed by atoms with Crippen LogP contribution in [0.1, 0.15) is 10.4 Å². The number of nitro benzene ring substituents is 1. The average molecular weight is 529 g/mol. The largest absolute Gasteiger partial charge is 0.436 e. The van der Waals surface area contributed by atoms with Gasteiger partial charge >= 0.3 is 0 Å². The number of benzene rings is 4. The van der Waals surface area contributed by atoms with Crippen molar-refractivity contribution in [3.63, 3.8) is 0 Å². The minimum absolute atomic E-state index is 0.154. The second-order valence-corrected chi connectivity index (χ2v) is 9.26. The maximum atomic E-state index is 13.3. The normalized spacial score (nSPS) is 13.7. The number of halogens is 1. The summed E-state index contributed by atoms with van der Waals surface area (Å²) < 4.78 is 11.4. The van der Waals surface area contributed by atoms with Crippen LogP contribution in [0.4, 0.5) is 17.1 Å². The molecule has 1 aliphatic rings. The average Bonchev–Trinajstić information content (AvgIpc) is 3.36. The third-order valence-corrected chi connectivity index (χ3v) is 6.86. The number of anilines is 2. The summed E-state index contributed by atoms with van der Waals surface area (Å²) in [5.74, 6) is -0.0217. The topological polar surface area (TPSA) is 111 Å². The molecule has 1 aliphatic heterocycles. The Kier molecular flexibility index (Phi) is 6.15. The van der Waals surface area contributed by atoms with Crippen LogP contribution in [0, 0.1) is 10.1 Å². The van der Waals surface area contributed by atoms with Crippen LogP contribution in [0.15, 0.2) is 77.2 Å². The zero-order valence-electron chi connectivity index (χ0n) is 20.0. The molecule has 38 heavy (non-hydrogen) atoms. The highest BCUT2D eigenvalue weighted by Gasteiger charge is 2.22. The number of hydrogen-bond donors (Lipinski definition) is 1. The summed E-state index contributed by atoms with van der Waals surface area (Å²) in [6.07, 6.45) is 0. The van der Waals surface area contributed by atoms with Gasteiger partial charge in [0.25, 0.3) is 11.6 Å². The number of non-ortho nitro benzene ring substituents is 1. The molecule has 0 aliphatic carbocycles. The van der Waals surface area contributed by atoms with Crippen molar-refractivity contribution in [2.75, 3.05) is 36.5 Å². The smallest absolute Gasteiger partial charge is 0.270 e. The van der Waals surface area contributed by atoms with Crippen LogP contribution in [-0.2, 0) is 4.74 Å². The predicted molar refractivity (Wildman–Crippen MR) is 146 cm³/mol. The summed E-state index contributed by atoms with van der Waals surface area (Å²) in [5.41, 5.74) is 3.09. The van der Waals surface area contributed by atoms with Crippen LogP contribution in [0.5, 0.6) is 0 Å². The van der Waals surface area contributed by atoms with Gasteiger partial charge in [-0.1, -0.05) is 35.9 Å². The Morgan fingerprint density at radius 2 is 1.79 bits per heavy atom. The Balaban J connectivity index is 1.33. The van der Waals surface area contributed by atoms with Gasteiger partial charge in [0.05, 0.1) is 29.4 Å². The van der Waals surface area contributed by atoms with Gasteiger partial charge in [-0.15, -0.1) is 0 Å². The van der Waals surface area contributed by atoms with Crippen LogP contribution in [0.3, 0.4) is 0 Å². The van der Waals surface area contributed by atoms with Gasteiger partial charge in [-0.2, -0.15) is 0 Å². The second-order valence-electron chi connectivity index (χ2n) is 8.85. The monoisotopic (exact) mass is 528 g/mol. The summed E-state index contributed by atoms with van der Waals surface area (Å²) in [4.78, 5) is 30.9. The number of aromatic nitrogens is 1. The fraction of sp³-hybridized carbons (Fsp3) is 0.143. The molecular formula is C28H21ClN4O5. The first-order valence-corrected chi connectivity index (χ1v) is 12.4. The van der Waals surface area contributed by atoms with Gasteiger partial charge in [0.2, 0.25) is 5.89 Å². The van der Waals surface area contributed by atoms with Gasteiger partial charge in [0.1, 0.15) is 5.52 Å². The van der Waals surface area contributed by atoms with Gasteiger partial charge in [-0.3, -0.25) is 14.9 Å². The number of nitrogens with zero attached hydrogens (tertiary/aromatic N) is 3. The summed E-state index contributed by atoms with van der Waals surface area (Å²) in [5, 5.41) is 16.7. The minimum Gasteiger partial charge on any atom is -0.436 e. The standard InChI is InChI=1S/C28H21ClN4O5/c29-23-6-2-3-19-20(23)4-1-5-21(19)28-31-24-15-17(7-10-26(24)38-28)30-27(34)22-16-18(33(35)36)8-9-25(22)32-11-13-37-14-12-32/h1-10,15-16H,11-14H2,(H,30,34). The molecular weight excluding hydrogens is 508 g/mol. The molecule has 4 aromatic carbocycles. The lowest BCUT2D eigenvalue weighted by atomic mass is 10.0. The van der Waals surface area contributed by atoms with Crippen LogP contribution in [-0.4, -0.2) is 42.1 Å². The molecule has 2 heterocycles. The van der Waals surface area contributed by atoms with Crippen molar-refractivity contribution >= 4 is 56.4 Å². The van der Waals surface area contributed by atoms with Gasteiger partial charge < -0.3 is 19.4 Å². The Labute approximate surface area is 221 Å². The van der Waals surface area contributed by atoms with E-state index in [0.717, 1.165) is 16.3 Å². The van der Waals surface area contributed by atoms with E-state index in [1.54, 1.807) is 24.3 Å². The van der Waals surface area contributed by atoms with E-state index in [0.29, 0.717) is 59.7 Å². The Morgan fingerprint density at radius 3 is 2.61 bits per heavy atom. The molecule has 1 fully saturated rings. The summed E-state index contributed by atoms with van der Waals surface area (Å²) >= 11 is 6.36. The Morgan fingerprint density at radius 1 is 1.00 bits per heavy atom. The SMILES string of the molecule is O=C(Nc1ccc2oc(-c3cccc4c(Cl)cccc34)nc2c1)c1cc([N+](=O)[O-])ccc1N1CCOCC1. The van der Waals surface area contributed by atoms with Crippen molar-refractivity contribution in [2.45, 2.75) is 0 Å². The number of amides is 1. The third-order valence-electron chi connectivity index (χ3n) is 6.53. The number of fused-ring (bicyclic) bond motifs is 2. The maximum absolute atomic E-state index is 13.3. The number of oxazole rings is 1. The van der Waals surface area contributed by atoms with Crippen LogP contribution >= 0.6 is 11.6 Å². The van der Waals surface area contributed by atoms with Crippen molar-refractivity contribution in [3.8, 4) is 11.5 Å². The summed E-state index contributed by atoms with van der Waals surface area (Å²) in [7, 11) is 0. The highest BCUT2D eigenvalue weighted by atomic mass is 35.5. The molecule has 10 heteroatoms. The molecule has 190 valence electrons. The lowest BCUT2D eigenvalue weighted by Gasteiger charge is -2.30. The molecule has 0 atom stereocenters. The minimum atomic E-state index is -0.511. The number of morpholine rings is 1. The van der Waals surface area contributed by atoms with E-state index in [2.05, 4.69) is 10.3 Å². The first-order valence-electron chi connectivity index (χ1n) is 12.0. The van der Waals surface area contributed by atoms with E-state index in [-0.39, 0.29) is 11.3 Å². The second kappa shape index (κ2) is 9.77. The van der Waals surface area contributed by atoms with Crippen LogP contribution in [0.25, 0.3) is 33.3 Å². The van der Waals surface area contributed by atoms with E-state index in [9.17, 15) is 14.9 Å². The van der Waals surface area contributed by atoms with Crippen molar-refractivity contribution in [1.29, 1.82) is 0 Å². The van der Waals surface area contributed by atoms with Crippen LogP contribution < -0.4 is 10.2 Å². The number of nitro groups is 1. The van der Waals surface area contributed by atoms with Crippen molar-refractivity contribution < 1.29 is 18.9 Å². The zero-order chi connectivity index (χ0) is 26.2. The van der Waals surface area contributed by atoms with Crippen molar-refractivity contribution in [1.82, 2.24) is 4.98 Å². The van der Waals surface area contributed by atoms with Gasteiger partial charge in [-0.05, 0) is 41.8 Å². The van der Waals surface area contributed by atoms with Gasteiger partial charge in [-0.25, -0.2) is 4.98 Å². The van der Waals surface area contributed by atoms with Gasteiger partial charge in [0.15, 0.2) is 5.58 Å². The fourth-order valence-electron chi connectivity index (χ4n) is 4.68. The van der Waals surface area contributed by atoms with Crippen LogP contribution in [0.2, 0.25) is 5.02 Å². The molecule has 6 rings (SSSR count). The molecule has 0 bridgehead atoms. The molecule has 0 unspecified atom stereocenters. The third kappa shape index (κ3) is 4.42. The van der Waals surface area contributed by atoms with Crippen molar-refractivity contribution in [2.24, 2.45) is 0 Å². The Bertz CT molecular complexity index is 1710. The molecule has 1 amide bonds. The highest BCUT2D eigenvalue weighted by Crippen LogP contribution is 2.34. The fourth-order valence-corrected chi connectivity index (χ4v) is 4.91. The zero-order valence-corrected chi connectivity index (χ0v) is 20.8. The van der Waals surface area contributed by atoms with E-state index >= 15 is 0 Å². The number of rotatable bonds is 5. The number of hydrogen-bond acceptors (Lipinski definition) is 7. The van der Waals surface area contributed by atoms with E-state index in [1.807, 2.05) is 41.3 Å². The molecule has 0 spiro atoms. The first kappa shape index (κ1) is 23.9. The van der Waals surface area contributed by atoms with E-state index in [1.165, 1.54) is 12.1 Å². The highest BCUT2D eigenvalue weighted by molar-refractivity contribution is 6.35. The lowest BCUT2D eigenvalue weighted by molar-refractivity contribution is -0.384.